The van der Waals surface area contributed by atoms with Gasteiger partial charge in [0.1, 0.15) is 11.4 Å². The van der Waals surface area contributed by atoms with E-state index in [0.29, 0.717) is 22.2 Å². The molecular formula is C16H11FN2O3. The second-order valence-corrected chi connectivity index (χ2v) is 4.92. The Bertz CT molecular complexity index is 883. The summed E-state index contributed by atoms with van der Waals surface area (Å²) in [5.74, 6) is -1.75. The molecule has 2 N–H and O–H groups in total. The predicted molar refractivity (Wildman–Crippen MR) is 75.8 cm³/mol. The zero-order valence-corrected chi connectivity index (χ0v) is 11.3. The summed E-state index contributed by atoms with van der Waals surface area (Å²) in [5, 5.41) is 32.5. The summed E-state index contributed by atoms with van der Waals surface area (Å²) in [7, 11) is 0. The summed E-state index contributed by atoms with van der Waals surface area (Å²) in [5.41, 5.74) is 1.38. The first-order valence-corrected chi connectivity index (χ1v) is 6.54. The van der Waals surface area contributed by atoms with E-state index < -0.39 is 17.5 Å². The van der Waals surface area contributed by atoms with Gasteiger partial charge in [0.2, 0.25) is 0 Å². The molecule has 5 nitrogen and oxygen atoms in total. The van der Waals surface area contributed by atoms with E-state index in [-0.39, 0.29) is 12.2 Å². The molecule has 1 unspecified atom stereocenters. The van der Waals surface area contributed by atoms with Crippen LogP contribution in [-0.4, -0.2) is 15.4 Å². The zero-order chi connectivity index (χ0) is 15.7. The van der Waals surface area contributed by atoms with E-state index in [1.54, 1.807) is 12.1 Å². The van der Waals surface area contributed by atoms with Crippen molar-refractivity contribution < 1.29 is 19.1 Å². The number of nitrogens with zero attached hydrogens (tertiary/aromatic N) is 2. The fourth-order valence-corrected chi connectivity index (χ4v) is 2.31. The number of hydrogen-bond acceptors (Lipinski definition) is 5. The summed E-state index contributed by atoms with van der Waals surface area (Å²) in [4.78, 5) is 0. The highest BCUT2D eigenvalue weighted by Crippen LogP contribution is 2.30. The lowest BCUT2D eigenvalue weighted by molar-refractivity contribution is 0.431. The fourth-order valence-electron chi connectivity index (χ4n) is 2.31. The summed E-state index contributed by atoms with van der Waals surface area (Å²) in [6.45, 7) is 0. The third kappa shape index (κ3) is 2.44. The minimum atomic E-state index is -0.732. The third-order valence-electron chi connectivity index (χ3n) is 3.42. The van der Waals surface area contributed by atoms with Crippen molar-refractivity contribution in [3.05, 3.63) is 53.5 Å². The van der Waals surface area contributed by atoms with Gasteiger partial charge in [-0.1, -0.05) is 11.2 Å². The Morgan fingerprint density at radius 2 is 2.05 bits per heavy atom. The Kier molecular flexibility index (Phi) is 3.39. The molecule has 0 spiro atoms. The van der Waals surface area contributed by atoms with Gasteiger partial charge in [0, 0.05) is 11.5 Å². The van der Waals surface area contributed by atoms with Crippen LogP contribution < -0.4 is 0 Å². The van der Waals surface area contributed by atoms with E-state index in [9.17, 15) is 19.9 Å². The van der Waals surface area contributed by atoms with Gasteiger partial charge >= 0.3 is 0 Å². The molecule has 1 aromatic heterocycles. The standard InChI is InChI=1S/C16H11FN2O3/c17-13-6-9(1-4-14(13)21)5-10(8-18)16-12-3-2-11(20)7-15(12)22-19-16/h1-4,6-7,10,20-21H,5H2. The number of hydrogen-bond donors (Lipinski definition) is 2. The summed E-state index contributed by atoms with van der Waals surface area (Å²) < 4.78 is 18.5. The van der Waals surface area contributed by atoms with Crippen LogP contribution in [0.1, 0.15) is 17.2 Å². The molecule has 1 heterocycles. The first kappa shape index (κ1) is 13.9. The normalized spacial score (nSPS) is 12.2. The number of aromatic hydroxyl groups is 2. The van der Waals surface area contributed by atoms with Crippen LogP contribution in [0.2, 0.25) is 0 Å². The molecule has 2 aromatic carbocycles. The van der Waals surface area contributed by atoms with E-state index in [4.69, 9.17) is 4.52 Å². The average Bonchev–Trinajstić information content (AvgIpc) is 2.91. The zero-order valence-electron chi connectivity index (χ0n) is 11.3. The lowest BCUT2D eigenvalue weighted by Crippen LogP contribution is -2.02. The van der Waals surface area contributed by atoms with Crippen LogP contribution in [0.25, 0.3) is 11.0 Å². The van der Waals surface area contributed by atoms with Gasteiger partial charge in [-0.3, -0.25) is 0 Å². The van der Waals surface area contributed by atoms with E-state index in [0.717, 1.165) is 0 Å². The maximum atomic E-state index is 13.4. The van der Waals surface area contributed by atoms with Crippen LogP contribution in [0.5, 0.6) is 11.5 Å². The van der Waals surface area contributed by atoms with Crippen molar-refractivity contribution in [2.24, 2.45) is 0 Å². The molecule has 3 rings (SSSR count). The monoisotopic (exact) mass is 298 g/mol. The molecule has 0 aliphatic carbocycles. The number of fused-ring (bicyclic) bond motifs is 1. The molecule has 6 heteroatoms. The maximum absolute atomic E-state index is 13.4. The molecule has 0 aliphatic heterocycles. The van der Waals surface area contributed by atoms with Gasteiger partial charge in [0.05, 0.1) is 12.0 Å². The first-order valence-electron chi connectivity index (χ1n) is 6.54. The molecule has 0 amide bonds. The lowest BCUT2D eigenvalue weighted by Gasteiger charge is -2.07. The van der Waals surface area contributed by atoms with Crippen molar-refractivity contribution >= 4 is 11.0 Å². The van der Waals surface area contributed by atoms with Gasteiger partial charge in [-0.05, 0) is 36.2 Å². The maximum Gasteiger partial charge on any atom is 0.170 e. The number of phenols is 2. The van der Waals surface area contributed by atoms with Crippen LogP contribution in [0.15, 0.2) is 40.9 Å². The van der Waals surface area contributed by atoms with Crippen LogP contribution in [0.3, 0.4) is 0 Å². The summed E-state index contributed by atoms with van der Waals surface area (Å²) >= 11 is 0. The Morgan fingerprint density at radius 3 is 2.77 bits per heavy atom. The summed E-state index contributed by atoms with van der Waals surface area (Å²) in [6, 6.07) is 10.6. The van der Waals surface area contributed by atoms with Gasteiger partial charge < -0.3 is 14.7 Å². The number of phenolic OH excluding ortho intramolecular Hbond substituents is 2. The highest BCUT2D eigenvalue weighted by atomic mass is 19.1. The molecule has 0 saturated carbocycles. The Balaban J connectivity index is 1.96. The van der Waals surface area contributed by atoms with Gasteiger partial charge in [-0.25, -0.2) is 4.39 Å². The van der Waals surface area contributed by atoms with Crippen molar-refractivity contribution in [1.82, 2.24) is 5.16 Å². The number of halogens is 1. The predicted octanol–water partition coefficient (Wildman–Crippen LogP) is 3.23. The minimum absolute atomic E-state index is 0.0457. The van der Waals surface area contributed by atoms with Crippen molar-refractivity contribution in [2.45, 2.75) is 12.3 Å². The third-order valence-corrected chi connectivity index (χ3v) is 3.42. The average molecular weight is 298 g/mol. The van der Waals surface area contributed by atoms with Gasteiger partial charge in [0.25, 0.3) is 0 Å². The quantitative estimate of drug-likeness (QED) is 0.774. The van der Waals surface area contributed by atoms with Crippen LogP contribution in [0.4, 0.5) is 4.39 Å². The molecule has 110 valence electrons. The van der Waals surface area contributed by atoms with E-state index >= 15 is 0 Å². The number of nitriles is 1. The number of aromatic nitrogens is 1. The van der Waals surface area contributed by atoms with E-state index in [1.807, 2.05) is 0 Å². The van der Waals surface area contributed by atoms with Crippen molar-refractivity contribution in [1.29, 1.82) is 5.26 Å². The van der Waals surface area contributed by atoms with Crippen LogP contribution in [-0.2, 0) is 6.42 Å². The van der Waals surface area contributed by atoms with Crippen molar-refractivity contribution in [3.8, 4) is 17.6 Å². The number of benzene rings is 2. The van der Waals surface area contributed by atoms with Crippen molar-refractivity contribution in [2.75, 3.05) is 0 Å². The highest BCUT2D eigenvalue weighted by molar-refractivity contribution is 5.81. The molecule has 0 radical (unpaired) electrons. The summed E-state index contributed by atoms with van der Waals surface area (Å²) in [6.07, 6.45) is 0.232. The van der Waals surface area contributed by atoms with Gasteiger partial charge in [0.15, 0.2) is 17.1 Å². The second-order valence-electron chi connectivity index (χ2n) is 4.92. The van der Waals surface area contributed by atoms with E-state index in [1.165, 1.54) is 24.3 Å². The molecule has 0 saturated heterocycles. The topological polar surface area (TPSA) is 90.3 Å². The molecule has 1 atom stereocenters. The van der Waals surface area contributed by atoms with Crippen LogP contribution >= 0.6 is 0 Å². The molecule has 0 fully saturated rings. The second kappa shape index (κ2) is 5.37. The molecule has 22 heavy (non-hydrogen) atoms. The Hall–Kier alpha value is -3.07. The molecule has 3 aromatic rings. The largest absolute Gasteiger partial charge is 0.508 e. The Morgan fingerprint density at radius 1 is 1.23 bits per heavy atom. The van der Waals surface area contributed by atoms with Gasteiger partial charge in [-0.2, -0.15) is 5.26 Å². The molecule has 0 bridgehead atoms. The lowest BCUT2D eigenvalue weighted by atomic mass is 9.95. The van der Waals surface area contributed by atoms with Crippen molar-refractivity contribution in [3.63, 3.8) is 0 Å². The minimum Gasteiger partial charge on any atom is -0.508 e. The fraction of sp³-hybridized carbons (Fsp3) is 0.125. The molecular weight excluding hydrogens is 287 g/mol. The van der Waals surface area contributed by atoms with Gasteiger partial charge in [-0.15, -0.1) is 0 Å². The number of rotatable bonds is 3. The molecule has 0 aliphatic rings. The Labute approximate surface area is 124 Å². The SMILES string of the molecule is N#CC(Cc1ccc(O)c(F)c1)c1noc2cc(O)ccc12. The smallest absolute Gasteiger partial charge is 0.170 e. The first-order chi connectivity index (χ1) is 10.6. The van der Waals surface area contributed by atoms with E-state index in [2.05, 4.69) is 11.2 Å². The highest BCUT2D eigenvalue weighted by Gasteiger charge is 2.20. The van der Waals surface area contributed by atoms with Crippen LogP contribution in [0, 0.1) is 17.1 Å².